The molecular weight excluding hydrogens is 331 g/mol. The third kappa shape index (κ3) is 5.23. The van der Waals surface area contributed by atoms with Gasteiger partial charge in [0, 0.05) is 0 Å². The first kappa shape index (κ1) is 18.8. The van der Waals surface area contributed by atoms with E-state index in [1.165, 1.54) is 0 Å². The molecule has 2 rings (SSSR count). The van der Waals surface area contributed by atoms with Crippen molar-refractivity contribution in [3.8, 4) is 11.5 Å². The third-order valence-corrected chi connectivity index (χ3v) is 5.16. The van der Waals surface area contributed by atoms with E-state index in [-0.39, 0.29) is 6.16 Å². The molecule has 4 heteroatoms. The van der Waals surface area contributed by atoms with E-state index < -0.39 is 7.60 Å². The summed E-state index contributed by atoms with van der Waals surface area (Å²) in [6, 6.07) is 14.9. The van der Waals surface area contributed by atoms with Gasteiger partial charge in [0.05, 0.1) is 6.16 Å². The fraction of sp³-hybridized carbons (Fsp3) is 0.143. The molecule has 0 aromatic heterocycles. The van der Waals surface area contributed by atoms with E-state index in [1.54, 1.807) is 30.4 Å². The lowest BCUT2D eigenvalue weighted by Crippen LogP contribution is -2.06. The van der Waals surface area contributed by atoms with Crippen LogP contribution in [0.1, 0.15) is 11.1 Å². The molecule has 0 saturated carbocycles. The van der Waals surface area contributed by atoms with E-state index in [0.717, 1.165) is 11.1 Å². The molecule has 0 heterocycles. The summed E-state index contributed by atoms with van der Waals surface area (Å²) in [7, 11) is -3.45. The van der Waals surface area contributed by atoms with Crippen molar-refractivity contribution in [3.63, 3.8) is 0 Å². The van der Waals surface area contributed by atoms with Gasteiger partial charge in [-0.05, 0) is 36.1 Å². The Kier molecular flexibility index (Phi) is 6.85. The number of hydrogen-bond acceptors (Lipinski definition) is 3. The average molecular weight is 354 g/mol. The summed E-state index contributed by atoms with van der Waals surface area (Å²) >= 11 is 0. The predicted octanol–water partition coefficient (Wildman–Crippen LogP) is 5.98. The molecular formula is C21H23O3P. The summed E-state index contributed by atoms with van der Waals surface area (Å²) in [6.45, 7) is 11.2. The molecule has 2 aromatic carbocycles. The second-order valence-corrected chi connectivity index (χ2v) is 7.42. The number of allylic oxidation sites excluding steroid dienone is 3. The minimum atomic E-state index is -3.45. The number of benzene rings is 2. The number of para-hydroxylation sites is 2. The Morgan fingerprint density at radius 3 is 1.60 bits per heavy atom. The highest BCUT2D eigenvalue weighted by Crippen LogP contribution is 2.50. The first-order valence-corrected chi connectivity index (χ1v) is 9.81. The van der Waals surface area contributed by atoms with E-state index in [0.29, 0.717) is 24.3 Å². The van der Waals surface area contributed by atoms with Crippen molar-refractivity contribution in [1.29, 1.82) is 0 Å². The van der Waals surface area contributed by atoms with Crippen LogP contribution in [-0.4, -0.2) is 6.16 Å². The molecule has 0 spiro atoms. The molecule has 0 N–H and O–H groups in total. The molecule has 0 atom stereocenters. The summed E-state index contributed by atoms with van der Waals surface area (Å²) < 4.78 is 25.0. The zero-order valence-electron chi connectivity index (χ0n) is 14.3. The minimum absolute atomic E-state index is 0.109. The van der Waals surface area contributed by atoms with Crippen molar-refractivity contribution in [2.75, 3.05) is 6.16 Å². The Balaban J connectivity index is 2.33. The van der Waals surface area contributed by atoms with E-state index in [1.807, 2.05) is 36.4 Å². The van der Waals surface area contributed by atoms with Gasteiger partial charge in [0.25, 0.3) is 0 Å². The zero-order chi connectivity index (χ0) is 18.1. The lowest BCUT2D eigenvalue weighted by molar-refractivity contribution is 0.387. The largest absolute Gasteiger partial charge is 0.434 e. The standard InChI is InChI=1S/C21H23O3P/c1-4-11-18-13-7-9-15-20(18)23-25(22,17-6-3)24-21-16-10-8-14-19(21)12-5-2/h4-10,13-16H,1-3,11-12,17H2. The maximum Gasteiger partial charge on any atom is 0.434 e. The van der Waals surface area contributed by atoms with E-state index in [2.05, 4.69) is 19.7 Å². The zero-order valence-corrected chi connectivity index (χ0v) is 15.2. The van der Waals surface area contributed by atoms with Crippen LogP contribution in [0.3, 0.4) is 0 Å². The van der Waals surface area contributed by atoms with Crippen LogP contribution in [0.25, 0.3) is 0 Å². The number of hydrogen-bond donors (Lipinski definition) is 0. The summed E-state index contributed by atoms with van der Waals surface area (Å²) in [6.07, 6.45) is 6.46. The molecule has 25 heavy (non-hydrogen) atoms. The first-order valence-electron chi connectivity index (χ1n) is 8.08. The van der Waals surface area contributed by atoms with Crippen molar-refractivity contribution in [2.45, 2.75) is 12.8 Å². The molecule has 0 amide bonds. The van der Waals surface area contributed by atoms with Gasteiger partial charge in [-0.2, -0.15) is 0 Å². The van der Waals surface area contributed by atoms with Gasteiger partial charge in [-0.25, -0.2) is 4.57 Å². The quantitative estimate of drug-likeness (QED) is 0.389. The van der Waals surface area contributed by atoms with Crippen molar-refractivity contribution in [1.82, 2.24) is 0 Å². The Morgan fingerprint density at radius 1 is 0.760 bits per heavy atom. The molecule has 2 aromatic rings. The highest BCUT2D eigenvalue weighted by Gasteiger charge is 2.28. The molecule has 0 fully saturated rings. The van der Waals surface area contributed by atoms with Crippen molar-refractivity contribution in [2.24, 2.45) is 0 Å². The third-order valence-electron chi connectivity index (χ3n) is 3.50. The van der Waals surface area contributed by atoms with Crippen LogP contribution in [0.15, 0.2) is 86.5 Å². The van der Waals surface area contributed by atoms with Gasteiger partial charge in [0.1, 0.15) is 11.5 Å². The fourth-order valence-corrected chi connectivity index (χ4v) is 3.84. The smallest absolute Gasteiger partial charge is 0.416 e. The summed E-state index contributed by atoms with van der Waals surface area (Å²) in [5.41, 5.74) is 1.81. The van der Waals surface area contributed by atoms with E-state index in [9.17, 15) is 4.57 Å². The molecule has 130 valence electrons. The minimum Gasteiger partial charge on any atom is -0.416 e. The Bertz CT molecular complexity index is 736. The van der Waals surface area contributed by atoms with Crippen LogP contribution >= 0.6 is 7.60 Å². The Hall–Kier alpha value is -2.51. The molecule has 0 radical (unpaired) electrons. The van der Waals surface area contributed by atoms with E-state index in [4.69, 9.17) is 9.05 Å². The monoisotopic (exact) mass is 354 g/mol. The molecule has 0 saturated heterocycles. The fourth-order valence-electron chi connectivity index (χ4n) is 2.39. The van der Waals surface area contributed by atoms with Crippen molar-refractivity contribution in [3.05, 3.63) is 97.6 Å². The van der Waals surface area contributed by atoms with Crippen LogP contribution in [-0.2, 0) is 17.4 Å². The first-order chi connectivity index (χ1) is 12.1. The predicted molar refractivity (Wildman–Crippen MR) is 105 cm³/mol. The lowest BCUT2D eigenvalue weighted by Gasteiger charge is -2.21. The van der Waals surface area contributed by atoms with Crippen molar-refractivity contribution < 1.29 is 13.6 Å². The molecule has 3 nitrogen and oxygen atoms in total. The van der Waals surface area contributed by atoms with E-state index >= 15 is 0 Å². The summed E-state index contributed by atoms with van der Waals surface area (Å²) in [4.78, 5) is 0. The average Bonchev–Trinajstić information content (AvgIpc) is 2.59. The summed E-state index contributed by atoms with van der Waals surface area (Å²) in [5, 5.41) is 0. The van der Waals surface area contributed by atoms with Gasteiger partial charge in [0.15, 0.2) is 0 Å². The second-order valence-electron chi connectivity index (χ2n) is 5.47. The van der Waals surface area contributed by atoms with Crippen LogP contribution in [0, 0.1) is 0 Å². The molecule has 0 aliphatic heterocycles. The van der Waals surface area contributed by atoms with Gasteiger partial charge in [-0.15, -0.1) is 19.7 Å². The Labute approximate surface area is 149 Å². The molecule has 0 aliphatic rings. The number of rotatable bonds is 10. The highest BCUT2D eigenvalue weighted by molar-refractivity contribution is 7.54. The van der Waals surface area contributed by atoms with Gasteiger partial charge in [-0.1, -0.05) is 54.6 Å². The summed E-state index contributed by atoms with van der Waals surface area (Å²) in [5.74, 6) is 1.07. The highest BCUT2D eigenvalue weighted by atomic mass is 31.2. The van der Waals surface area contributed by atoms with Crippen LogP contribution in [0.5, 0.6) is 11.5 Å². The van der Waals surface area contributed by atoms with Gasteiger partial charge < -0.3 is 9.05 Å². The van der Waals surface area contributed by atoms with Gasteiger partial charge in [0.2, 0.25) is 0 Å². The molecule has 0 aliphatic carbocycles. The second kappa shape index (κ2) is 9.10. The molecule has 0 bridgehead atoms. The van der Waals surface area contributed by atoms with Crippen molar-refractivity contribution >= 4 is 7.60 Å². The van der Waals surface area contributed by atoms with Gasteiger partial charge in [-0.3, -0.25) is 0 Å². The Morgan fingerprint density at radius 2 is 1.20 bits per heavy atom. The lowest BCUT2D eigenvalue weighted by atomic mass is 10.1. The van der Waals surface area contributed by atoms with Crippen LogP contribution in [0.2, 0.25) is 0 Å². The maximum absolute atomic E-state index is 13.3. The SMILES string of the molecule is C=CCc1ccccc1OP(=O)(CC=C)Oc1ccccc1CC=C. The topological polar surface area (TPSA) is 35.5 Å². The van der Waals surface area contributed by atoms with Gasteiger partial charge >= 0.3 is 7.60 Å². The van der Waals surface area contributed by atoms with Crippen LogP contribution in [0.4, 0.5) is 0 Å². The molecule has 0 unspecified atom stereocenters. The normalized spacial score (nSPS) is 10.7. The maximum atomic E-state index is 13.3. The van der Waals surface area contributed by atoms with Crippen LogP contribution < -0.4 is 9.05 Å².